The van der Waals surface area contributed by atoms with Crippen LogP contribution < -0.4 is 20.7 Å². The maximum absolute atomic E-state index is 11.6. The van der Waals surface area contributed by atoms with Crippen LogP contribution in [0.4, 0.5) is 5.69 Å². The lowest BCUT2D eigenvalue weighted by Crippen LogP contribution is -2.18. The smallest absolute Gasteiger partial charge is 0.274 e. The number of rotatable bonds is 5. The van der Waals surface area contributed by atoms with E-state index in [9.17, 15) is 4.79 Å². The summed E-state index contributed by atoms with van der Waals surface area (Å²) in [7, 11) is 3.14. The molecule has 0 aliphatic rings. The van der Waals surface area contributed by atoms with Crippen molar-refractivity contribution in [2.45, 2.75) is 0 Å². The van der Waals surface area contributed by atoms with E-state index in [0.717, 1.165) is 11.1 Å². The zero-order valence-electron chi connectivity index (χ0n) is 16.3. The number of benzene rings is 3. The fourth-order valence-corrected chi connectivity index (χ4v) is 3.19. The number of methoxy groups -OCH3 is 2. The van der Waals surface area contributed by atoms with Gasteiger partial charge in [0.2, 0.25) is 5.89 Å². The van der Waals surface area contributed by atoms with E-state index in [1.54, 1.807) is 31.8 Å². The number of nitrogens with two attached hydrogens (primary N) is 1. The van der Waals surface area contributed by atoms with Gasteiger partial charge >= 0.3 is 0 Å². The predicted molar refractivity (Wildman–Crippen MR) is 112 cm³/mol. The molecule has 8 nitrogen and oxygen atoms in total. The highest BCUT2D eigenvalue weighted by Gasteiger charge is 2.16. The van der Waals surface area contributed by atoms with Crippen molar-refractivity contribution in [1.29, 1.82) is 0 Å². The number of amides is 1. The number of anilines is 1. The molecule has 4 N–H and O–H groups in total. The molecule has 0 aliphatic carbocycles. The topological polar surface area (TPSA) is 120 Å². The highest BCUT2D eigenvalue weighted by Crippen LogP contribution is 2.37. The predicted octanol–water partition coefficient (Wildman–Crippen LogP) is 3.88. The van der Waals surface area contributed by atoms with Crippen molar-refractivity contribution in [3.05, 3.63) is 60.2 Å². The Hall–Kier alpha value is -4.04. The molecular formula is C22H19N3O5. The number of hydroxylamine groups is 1. The normalized spacial score (nSPS) is 10.8. The van der Waals surface area contributed by atoms with Gasteiger partial charge in [0.15, 0.2) is 5.58 Å². The van der Waals surface area contributed by atoms with E-state index in [-0.39, 0.29) is 5.56 Å². The Morgan fingerprint density at radius 3 is 2.40 bits per heavy atom. The molecule has 0 aliphatic heterocycles. The van der Waals surface area contributed by atoms with Gasteiger partial charge in [-0.05, 0) is 53.6 Å². The first-order chi connectivity index (χ1) is 14.5. The number of hydrogen-bond acceptors (Lipinski definition) is 7. The number of carbonyl (C=O) groups excluding carboxylic acids is 1. The molecule has 0 unspecified atom stereocenters. The molecule has 3 aromatic carbocycles. The third-order valence-corrected chi connectivity index (χ3v) is 4.75. The van der Waals surface area contributed by atoms with Gasteiger partial charge in [0.25, 0.3) is 5.91 Å². The lowest BCUT2D eigenvalue weighted by Gasteiger charge is -2.11. The average molecular weight is 405 g/mol. The minimum atomic E-state index is -0.623. The summed E-state index contributed by atoms with van der Waals surface area (Å²) in [6.07, 6.45) is 0. The number of nitrogens with one attached hydrogen (secondary N) is 1. The molecule has 8 heteroatoms. The van der Waals surface area contributed by atoms with Crippen molar-refractivity contribution in [1.82, 2.24) is 10.5 Å². The van der Waals surface area contributed by atoms with Gasteiger partial charge in [0.1, 0.15) is 17.0 Å². The number of aromatic nitrogens is 1. The first-order valence-corrected chi connectivity index (χ1v) is 9.01. The van der Waals surface area contributed by atoms with Crippen LogP contribution in [-0.4, -0.2) is 30.3 Å². The lowest BCUT2D eigenvalue weighted by molar-refractivity contribution is 0.0706. The van der Waals surface area contributed by atoms with Crippen molar-refractivity contribution >= 4 is 22.7 Å². The van der Waals surface area contributed by atoms with Gasteiger partial charge in [-0.1, -0.05) is 12.1 Å². The van der Waals surface area contributed by atoms with E-state index in [1.165, 1.54) is 12.1 Å². The maximum Gasteiger partial charge on any atom is 0.274 e. The number of hydrogen-bond donors (Lipinski definition) is 3. The van der Waals surface area contributed by atoms with Gasteiger partial charge in [-0.2, -0.15) is 0 Å². The Morgan fingerprint density at radius 2 is 1.70 bits per heavy atom. The fourth-order valence-electron chi connectivity index (χ4n) is 3.19. The van der Waals surface area contributed by atoms with E-state index in [2.05, 4.69) is 4.98 Å². The highest BCUT2D eigenvalue weighted by atomic mass is 16.5. The van der Waals surface area contributed by atoms with Crippen molar-refractivity contribution in [3.63, 3.8) is 0 Å². The van der Waals surface area contributed by atoms with Crippen LogP contribution in [-0.2, 0) is 0 Å². The maximum atomic E-state index is 11.6. The molecule has 0 saturated carbocycles. The SMILES string of the molecule is COc1cc(-c2ccc(-c3nc4cc(C(=O)NO)ccc4o3)c(OC)c2)ccc1N. The van der Waals surface area contributed by atoms with Crippen LogP contribution in [0.1, 0.15) is 10.4 Å². The fraction of sp³-hybridized carbons (Fsp3) is 0.0909. The molecule has 1 aromatic heterocycles. The van der Waals surface area contributed by atoms with E-state index in [4.69, 9.17) is 24.8 Å². The summed E-state index contributed by atoms with van der Waals surface area (Å²) >= 11 is 0. The van der Waals surface area contributed by atoms with Gasteiger partial charge < -0.3 is 19.6 Å². The molecule has 1 amide bonds. The Labute approximate surface area is 171 Å². The zero-order chi connectivity index (χ0) is 21.3. The summed E-state index contributed by atoms with van der Waals surface area (Å²) < 4.78 is 16.7. The van der Waals surface area contributed by atoms with E-state index in [1.807, 2.05) is 30.3 Å². The van der Waals surface area contributed by atoms with Crippen LogP contribution in [0.3, 0.4) is 0 Å². The summed E-state index contributed by atoms with van der Waals surface area (Å²) in [4.78, 5) is 16.1. The van der Waals surface area contributed by atoms with Crippen molar-refractivity contribution in [3.8, 4) is 34.1 Å². The zero-order valence-corrected chi connectivity index (χ0v) is 16.3. The second-order valence-electron chi connectivity index (χ2n) is 6.51. The molecule has 0 fully saturated rings. The quantitative estimate of drug-likeness (QED) is 0.262. The number of nitrogen functional groups attached to an aromatic ring is 1. The number of carbonyl (C=O) groups is 1. The molecule has 0 bridgehead atoms. The summed E-state index contributed by atoms with van der Waals surface area (Å²) in [6.45, 7) is 0. The summed E-state index contributed by atoms with van der Waals surface area (Å²) in [5, 5.41) is 8.81. The molecule has 4 aromatic rings. The summed E-state index contributed by atoms with van der Waals surface area (Å²) in [5.41, 5.74) is 11.8. The van der Waals surface area contributed by atoms with Gasteiger partial charge in [0, 0.05) is 5.56 Å². The molecule has 0 saturated heterocycles. The molecule has 4 rings (SSSR count). The summed E-state index contributed by atoms with van der Waals surface area (Å²) in [6, 6.07) is 15.9. The van der Waals surface area contributed by atoms with E-state index in [0.29, 0.717) is 39.7 Å². The molecular weight excluding hydrogens is 386 g/mol. The van der Waals surface area contributed by atoms with Crippen molar-refractivity contribution < 1.29 is 23.9 Å². The van der Waals surface area contributed by atoms with Gasteiger partial charge in [-0.15, -0.1) is 0 Å². The third-order valence-electron chi connectivity index (χ3n) is 4.75. The van der Waals surface area contributed by atoms with Crippen LogP contribution in [0.25, 0.3) is 33.7 Å². The second-order valence-corrected chi connectivity index (χ2v) is 6.51. The van der Waals surface area contributed by atoms with Crippen LogP contribution in [0.5, 0.6) is 11.5 Å². The Bertz CT molecular complexity index is 1250. The van der Waals surface area contributed by atoms with E-state index >= 15 is 0 Å². The minimum Gasteiger partial charge on any atom is -0.496 e. The summed E-state index contributed by atoms with van der Waals surface area (Å²) in [5.74, 6) is 0.896. The largest absolute Gasteiger partial charge is 0.496 e. The Kier molecular flexibility index (Phi) is 4.99. The minimum absolute atomic E-state index is 0.268. The van der Waals surface area contributed by atoms with Gasteiger partial charge in [-0.25, -0.2) is 10.5 Å². The van der Waals surface area contributed by atoms with Crippen molar-refractivity contribution in [2.75, 3.05) is 20.0 Å². The van der Waals surface area contributed by atoms with Crippen LogP contribution in [0.15, 0.2) is 59.0 Å². The van der Waals surface area contributed by atoms with Crippen LogP contribution >= 0.6 is 0 Å². The first-order valence-electron chi connectivity index (χ1n) is 9.01. The molecule has 0 spiro atoms. The van der Waals surface area contributed by atoms with Crippen LogP contribution in [0.2, 0.25) is 0 Å². The number of ether oxygens (including phenoxy) is 2. The molecule has 1 heterocycles. The third kappa shape index (κ3) is 3.40. The lowest BCUT2D eigenvalue weighted by atomic mass is 10.0. The Morgan fingerprint density at radius 1 is 1.00 bits per heavy atom. The number of oxazole rings is 1. The van der Waals surface area contributed by atoms with Gasteiger partial charge in [0.05, 0.1) is 25.5 Å². The number of nitrogens with zero attached hydrogens (tertiary/aromatic N) is 1. The van der Waals surface area contributed by atoms with Crippen LogP contribution in [0, 0.1) is 0 Å². The van der Waals surface area contributed by atoms with Crippen molar-refractivity contribution in [2.24, 2.45) is 0 Å². The molecule has 0 atom stereocenters. The number of fused-ring (bicyclic) bond motifs is 1. The first kappa shape index (κ1) is 19.3. The Balaban J connectivity index is 1.75. The van der Waals surface area contributed by atoms with E-state index < -0.39 is 5.91 Å². The monoisotopic (exact) mass is 405 g/mol. The second kappa shape index (κ2) is 7.76. The average Bonchev–Trinajstić information content (AvgIpc) is 3.21. The molecule has 30 heavy (non-hydrogen) atoms. The van der Waals surface area contributed by atoms with Gasteiger partial charge in [-0.3, -0.25) is 10.0 Å². The molecule has 0 radical (unpaired) electrons. The standard InChI is InChI=1S/C22H19N3O5/c1-28-19-10-12(13-4-7-16(23)20(11-13)29-2)3-6-15(19)22-24-17-9-14(21(26)25-27)5-8-18(17)30-22/h3-11,27H,23H2,1-2H3,(H,25,26). The highest BCUT2D eigenvalue weighted by molar-refractivity contribution is 5.96. The molecule has 152 valence electrons.